The molecule has 4 heteroatoms. The first-order valence-corrected chi connectivity index (χ1v) is 24.4. The Morgan fingerprint density at radius 1 is 0.250 bits per heavy atom. The molecular weight excluding hydrogens is 709 g/mol. The molecule has 0 saturated carbocycles. The molecule has 0 radical (unpaired) electrons. The summed E-state index contributed by atoms with van der Waals surface area (Å²) in [7, 11) is 0. The molecule has 8 aromatic rings. The maximum absolute atomic E-state index is 8.63. The van der Waals surface area contributed by atoms with Crippen LogP contribution in [0.15, 0.2) is 218 Å². The Labute approximate surface area is 317 Å². The van der Waals surface area contributed by atoms with Crippen LogP contribution < -0.4 is 31.8 Å². The van der Waals surface area contributed by atoms with E-state index < -0.39 is 11.9 Å². The van der Waals surface area contributed by atoms with Crippen LogP contribution in [0, 0.1) is 0 Å². The van der Waals surface area contributed by atoms with Crippen LogP contribution >= 0.6 is 34.4 Å². The summed E-state index contributed by atoms with van der Waals surface area (Å²) in [5.74, 6) is -7.19. The Morgan fingerprint density at radius 3 is 0.673 bits per heavy atom. The van der Waals surface area contributed by atoms with Crippen molar-refractivity contribution < 1.29 is 0 Å². The Balaban J connectivity index is 1.39. The predicted molar refractivity (Wildman–Crippen MR) is 233 cm³/mol. The van der Waals surface area contributed by atoms with Gasteiger partial charge in [0, 0.05) is 0 Å². The van der Waals surface area contributed by atoms with E-state index in [9.17, 15) is 0 Å². The number of hydrogen-bond donors (Lipinski definition) is 0. The van der Waals surface area contributed by atoms with Crippen LogP contribution in [0.5, 0.6) is 0 Å². The van der Waals surface area contributed by atoms with Gasteiger partial charge in [0.1, 0.15) is 0 Å². The zero-order valence-corrected chi connectivity index (χ0v) is 32.1. The number of rotatable bonds is 10. The summed E-state index contributed by atoms with van der Waals surface area (Å²) in [5, 5.41) is 9.34. The fourth-order valence-electron chi connectivity index (χ4n) is 8.23. The molecule has 8 aromatic carbocycles. The van der Waals surface area contributed by atoms with Crippen LogP contribution in [0.3, 0.4) is 0 Å². The topological polar surface area (TPSA) is 0 Å². The number of benzene rings is 8. The quantitative estimate of drug-likeness (QED) is 0.122. The molecule has 0 spiro atoms. The van der Waals surface area contributed by atoms with Gasteiger partial charge in [-0.3, -0.25) is 0 Å². The van der Waals surface area contributed by atoms with E-state index in [4.69, 9.17) is 22.5 Å². The molecule has 0 saturated heterocycles. The summed E-state index contributed by atoms with van der Waals surface area (Å²) in [6, 6.07) is 78.0. The summed E-state index contributed by atoms with van der Waals surface area (Å²) in [6.45, 7) is 0. The van der Waals surface area contributed by atoms with Crippen molar-refractivity contribution in [3.63, 3.8) is 0 Å². The van der Waals surface area contributed by atoms with Crippen LogP contribution in [-0.2, 0) is 12.3 Å². The summed E-state index contributed by atoms with van der Waals surface area (Å²) < 4.78 is 0. The van der Waals surface area contributed by atoms with Crippen LogP contribution in [0.4, 0.5) is 0 Å². The Hall–Kier alpha value is -4.54. The first-order valence-electron chi connectivity index (χ1n) is 17.7. The first kappa shape index (κ1) is 34.5. The number of halogens is 2. The Morgan fingerprint density at radius 2 is 0.462 bits per heavy atom. The minimum atomic E-state index is -3.60. The van der Waals surface area contributed by atoms with E-state index in [0.29, 0.717) is 12.3 Å². The van der Waals surface area contributed by atoms with E-state index in [1.807, 2.05) is 0 Å². The Bertz CT molecular complexity index is 2060. The van der Waals surface area contributed by atoms with E-state index >= 15 is 0 Å². The molecule has 0 unspecified atom stereocenters. The van der Waals surface area contributed by atoms with E-state index in [2.05, 4.69) is 218 Å². The van der Waals surface area contributed by atoms with Gasteiger partial charge in [-0.25, -0.2) is 0 Å². The van der Waals surface area contributed by atoms with Crippen molar-refractivity contribution in [1.29, 1.82) is 0 Å². The predicted octanol–water partition coefficient (Wildman–Crippen LogP) is 11.2. The second kappa shape index (κ2) is 13.8. The monoisotopic (exact) mass is 748 g/mol. The fourth-order valence-corrected chi connectivity index (χ4v) is 20.5. The molecule has 0 nitrogen and oxygen atoms in total. The molecule has 0 aliphatic carbocycles. The number of fused-ring (bicyclic) bond motifs is 1. The molecule has 52 heavy (non-hydrogen) atoms. The average molecular weight is 750 g/mol. The van der Waals surface area contributed by atoms with Crippen LogP contribution in [-0.4, -0.2) is 0 Å². The van der Waals surface area contributed by atoms with Crippen molar-refractivity contribution in [2.24, 2.45) is 0 Å². The SMILES string of the molecule is ClP(Cc1cccc2c(CP(Cl)(c3ccccc3)(c3ccccc3)c3ccccc3)cccc12)(c1ccccc1)(c1ccccc1)c1ccccc1. The summed E-state index contributed by atoms with van der Waals surface area (Å²) >= 11 is 17.3. The van der Waals surface area contributed by atoms with E-state index in [0.717, 1.165) is 31.8 Å². The van der Waals surface area contributed by atoms with Crippen LogP contribution in [0.25, 0.3) is 10.8 Å². The fraction of sp³-hybridized carbons (Fsp3) is 0.0417. The van der Waals surface area contributed by atoms with Gasteiger partial charge in [-0.1, -0.05) is 0 Å². The van der Waals surface area contributed by atoms with Crippen molar-refractivity contribution in [2.75, 3.05) is 0 Å². The van der Waals surface area contributed by atoms with Crippen molar-refractivity contribution in [1.82, 2.24) is 0 Å². The van der Waals surface area contributed by atoms with Gasteiger partial charge >= 0.3 is 319 Å². The van der Waals surface area contributed by atoms with E-state index in [1.165, 1.54) is 21.9 Å². The summed E-state index contributed by atoms with van der Waals surface area (Å²) in [5.41, 5.74) is 2.44. The van der Waals surface area contributed by atoms with Crippen molar-refractivity contribution in [2.45, 2.75) is 12.3 Å². The van der Waals surface area contributed by atoms with Crippen molar-refractivity contribution >= 4 is 77.0 Å². The van der Waals surface area contributed by atoms with E-state index in [1.54, 1.807) is 0 Å². The van der Waals surface area contributed by atoms with Gasteiger partial charge in [0.25, 0.3) is 0 Å². The van der Waals surface area contributed by atoms with Crippen molar-refractivity contribution in [3.8, 4) is 0 Å². The standard InChI is InChI=1S/C48H40Cl2P2/c49-51(41-23-7-1-8-24-41,42-25-9-2-10-26-42,43-27-11-3-12-28-43)37-39-21-19-36-48-40(22-20-35-47(39)48)38-52(50,44-29-13-4-14-30-44,45-31-15-5-16-32-45)46-33-17-6-18-34-46/h1-36H,37-38H2. The second-order valence-corrected chi connectivity index (χ2v) is 26.6. The maximum atomic E-state index is 8.63. The van der Waals surface area contributed by atoms with Gasteiger partial charge in [0.05, 0.1) is 0 Å². The molecule has 0 fully saturated rings. The van der Waals surface area contributed by atoms with Crippen LogP contribution in [0.1, 0.15) is 11.1 Å². The van der Waals surface area contributed by atoms with Gasteiger partial charge in [-0.05, 0) is 0 Å². The molecule has 0 heterocycles. The zero-order chi connectivity index (χ0) is 35.5. The average Bonchev–Trinajstić information content (AvgIpc) is 3.23. The normalized spacial score (nSPS) is 13.4. The third-order valence-corrected chi connectivity index (χ3v) is 25.2. The first-order chi connectivity index (χ1) is 25.4. The van der Waals surface area contributed by atoms with Gasteiger partial charge in [0.15, 0.2) is 0 Å². The minimum absolute atomic E-state index is 0.659. The van der Waals surface area contributed by atoms with Gasteiger partial charge < -0.3 is 0 Å². The third kappa shape index (κ3) is 5.53. The molecule has 0 aliphatic rings. The molecule has 256 valence electrons. The molecular formula is C48H40Cl2P2. The molecule has 0 aromatic heterocycles. The molecule has 0 N–H and O–H groups in total. The van der Waals surface area contributed by atoms with E-state index in [-0.39, 0.29) is 0 Å². The Kier molecular flexibility index (Phi) is 9.16. The third-order valence-electron chi connectivity index (χ3n) is 10.8. The van der Waals surface area contributed by atoms with Crippen LogP contribution in [0.2, 0.25) is 0 Å². The summed E-state index contributed by atoms with van der Waals surface area (Å²) in [6.07, 6.45) is 1.32. The molecule has 0 amide bonds. The molecule has 0 atom stereocenters. The van der Waals surface area contributed by atoms with Crippen molar-refractivity contribution in [3.05, 3.63) is 230 Å². The second-order valence-electron chi connectivity index (χ2n) is 13.6. The molecule has 0 bridgehead atoms. The van der Waals surface area contributed by atoms with Gasteiger partial charge in [-0.2, -0.15) is 0 Å². The molecule has 0 aliphatic heterocycles. The van der Waals surface area contributed by atoms with Gasteiger partial charge in [-0.15, -0.1) is 0 Å². The number of hydrogen-bond acceptors (Lipinski definition) is 0. The van der Waals surface area contributed by atoms with Gasteiger partial charge in [0.2, 0.25) is 0 Å². The molecule has 8 rings (SSSR count). The zero-order valence-electron chi connectivity index (χ0n) is 28.8. The summed E-state index contributed by atoms with van der Waals surface area (Å²) in [4.78, 5) is 0.